The molecule has 1 aliphatic rings. The normalized spacial score (nSPS) is 15.7. The third-order valence-corrected chi connectivity index (χ3v) is 5.15. The van der Waals surface area contributed by atoms with Crippen molar-refractivity contribution in [2.75, 3.05) is 0 Å². The number of benzene rings is 1. The van der Waals surface area contributed by atoms with Crippen LogP contribution in [-0.4, -0.2) is 26.2 Å². The third kappa shape index (κ3) is 3.70. The number of aryl methyl sites for hydroxylation is 1. The van der Waals surface area contributed by atoms with E-state index < -0.39 is 5.54 Å². The van der Waals surface area contributed by atoms with Gasteiger partial charge in [0.1, 0.15) is 11.2 Å². The molecule has 0 aliphatic heterocycles. The fraction of sp³-hybridized carbons (Fsp3) is 0.318. The topological polar surface area (TPSA) is 59.8 Å². The number of pyridine rings is 1. The van der Waals surface area contributed by atoms with Crippen molar-refractivity contribution in [2.24, 2.45) is 7.05 Å². The molecule has 4 rings (SSSR count). The molecule has 27 heavy (non-hydrogen) atoms. The number of carbonyl (C=O) groups is 1. The minimum absolute atomic E-state index is 0.122. The fourth-order valence-corrected chi connectivity index (χ4v) is 3.65. The number of carbonyl (C=O) groups excluding carboxylic acids is 1. The van der Waals surface area contributed by atoms with E-state index in [2.05, 4.69) is 33.3 Å². The SMILES string of the molecule is Cn1nccc1C(=O)NC1(C#Cc2cnc3ccccc3c2)CCCCC1. The van der Waals surface area contributed by atoms with Gasteiger partial charge in [-0.05, 0) is 31.0 Å². The maximum atomic E-state index is 12.7. The Balaban J connectivity index is 1.63. The van der Waals surface area contributed by atoms with Crippen LogP contribution >= 0.6 is 0 Å². The van der Waals surface area contributed by atoms with E-state index >= 15 is 0 Å². The van der Waals surface area contributed by atoms with Crippen LogP contribution in [0.1, 0.15) is 48.2 Å². The summed E-state index contributed by atoms with van der Waals surface area (Å²) in [5.41, 5.74) is 1.88. The highest BCUT2D eigenvalue weighted by Crippen LogP contribution is 2.28. The van der Waals surface area contributed by atoms with E-state index in [1.54, 1.807) is 30.2 Å². The zero-order valence-electron chi connectivity index (χ0n) is 15.4. The van der Waals surface area contributed by atoms with Crippen molar-refractivity contribution in [1.29, 1.82) is 0 Å². The summed E-state index contributed by atoms with van der Waals surface area (Å²) >= 11 is 0. The number of aromatic nitrogens is 3. The lowest BCUT2D eigenvalue weighted by molar-refractivity contribution is 0.0894. The van der Waals surface area contributed by atoms with Gasteiger partial charge < -0.3 is 5.32 Å². The number of hydrogen-bond acceptors (Lipinski definition) is 3. The first kappa shape index (κ1) is 17.3. The van der Waals surface area contributed by atoms with Crippen molar-refractivity contribution < 1.29 is 4.79 Å². The van der Waals surface area contributed by atoms with Crippen LogP contribution in [0.4, 0.5) is 0 Å². The molecular weight excluding hydrogens is 336 g/mol. The highest BCUT2D eigenvalue weighted by molar-refractivity contribution is 5.93. The van der Waals surface area contributed by atoms with Gasteiger partial charge in [0.2, 0.25) is 0 Å². The molecule has 1 N–H and O–H groups in total. The minimum atomic E-state index is -0.495. The van der Waals surface area contributed by atoms with Crippen molar-refractivity contribution in [3.8, 4) is 11.8 Å². The second-order valence-corrected chi connectivity index (χ2v) is 7.10. The number of rotatable bonds is 2. The van der Waals surface area contributed by atoms with Crippen LogP contribution in [0.25, 0.3) is 10.9 Å². The quantitative estimate of drug-likeness (QED) is 0.714. The lowest BCUT2D eigenvalue weighted by Gasteiger charge is -2.33. The molecule has 2 aromatic heterocycles. The van der Waals surface area contributed by atoms with Gasteiger partial charge in [0.25, 0.3) is 5.91 Å². The van der Waals surface area contributed by atoms with Crippen LogP contribution < -0.4 is 5.32 Å². The van der Waals surface area contributed by atoms with Gasteiger partial charge >= 0.3 is 0 Å². The van der Waals surface area contributed by atoms with Crippen molar-refractivity contribution in [1.82, 2.24) is 20.1 Å². The Morgan fingerprint density at radius 2 is 2.00 bits per heavy atom. The van der Waals surface area contributed by atoms with E-state index in [4.69, 9.17) is 0 Å². The molecule has 1 amide bonds. The number of amides is 1. The van der Waals surface area contributed by atoms with E-state index in [1.165, 1.54) is 6.42 Å². The summed E-state index contributed by atoms with van der Waals surface area (Å²) in [5.74, 6) is 6.52. The monoisotopic (exact) mass is 358 g/mol. The summed E-state index contributed by atoms with van der Waals surface area (Å²) in [7, 11) is 1.77. The molecular formula is C22H22N4O. The molecule has 0 spiro atoms. The molecule has 0 radical (unpaired) electrons. The van der Waals surface area contributed by atoms with E-state index in [0.29, 0.717) is 5.69 Å². The standard InChI is InChI=1S/C22H22N4O/c1-26-20(10-14-24-26)21(27)25-22(11-5-2-6-12-22)13-9-17-15-18-7-3-4-8-19(18)23-16-17/h3-4,7-8,10,14-16H,2,5-6,11-12H2,1H3,(H,25,27). The average Bonchev–Trinajstić information content (AvgIpc) is 3.13. The van der Waals surface area contributed by atoms with Gasteiger partial charge in [-0.2, -0.15) is 5.10 Å². The van der Waals surface area contributed by atoms with E-state index in [0.717, 1.165) is 42.1 Å². The molecule has 136 valence electrons. The number of hydrogen-bond donors (Lipinski definition) is 1. The van der Waals surface area contributed by atoms with Crippen LogP contribution in [0, 0.1) is 11.8 Å². The van der Waals surface area contributed by atoms with Gasteiger partial charge in [-0.25, -0.2) is 0 Å². The molecule has 5 heteroatoms. The average molecular weight is 358 g/mol. The molecule has 0 atom stereocenters. The van der Waals surface area contributed by atoms with Crippen LogP contribution in [-0.2, 0) is 7.05 Å². The molecule has 1 fully saturated rings. The molecule has 1 aromatic carbocycles. The van der Waals surface area contributed by atoms with Gasteiger partial charge in [-0.15, -0.1) is 0 Å². The van der Waals surface area contributed by atoms with Crippen LogP contribution in [0.3, 0.4) is 0 Å². The first-order valence-corrected chi connectivity index (χ1v) is 9.34. The fourth-order valence-electron chi connectivity index (χ4n) is 3.65. The highest BCUT2D eigenvalue weighted by atomic mass is 16.2. The number of nitrogens with zero attached hydrogens (tertiary/aromatic N) is 3. The van der Waals surface area contributed by atoms with Crippen molar-refractivity contribution in [2.45, 2.75) is 37.6 Å². The zero-order valence-corrected chi connectivity index (χ0v) is 15.4. The summed E-state index contributed by atoms with van der Waals surface area (Å²) in [6, 6.07) is 11.8. The Kier molecular flexibility index (Phi) is 4.64. The van der Waals surface area contributed by atoms with Crippen LogP contribution in [0.15, 0.2) is 48.8 Å². The largest absolute Gasteiger partial charge is 0.334 e. The maximum Gasteiger partial charge on any atom is 0.270 e. The molecule has 3 aromatic rings. The Morgan fingerprint density at radius 3 is 2.78 bits per heavy atom. The molecule has 1 saturated carbocycles. The Morgan fingerprint density at radius 1 is 1.19 bits per heavy atom. The number of nitrogens with one attached hydrogen (secondary N) is 1. The first-order valence-electron chi connectivity index (χ1n) is 9.34. The van der Waals surface area contributed by atoms with Crippen molar-refractivity contribution >= 4 is 16.8 Å². The number of fused-ring (bicyclic) bond motifs is 1. The van der Waals surface area contributed by atoms with Gasteiger partial charge in [0, 0.05) is 30.4 Å². The smallest absolute Gasteiger partial charge is 0.270 e. The van der Waals surface area contributed by atoms with Crippen molar-refractivity contribution in [3.05, 3.63) is 60.0 Å². The summed E-state index contributed by atoms with van der Waals surface area (Å²) < 4.78 is 1.59. The molecule has 0 unspecified atom stereocenters. The summed E-state index contributed by atoms with van der Waals surface area (Å²) in [6.45, 7) is 0. The van der Waals surface area contributed by atoms with Gasteiger partial charge in [-0.3, -0.25) is 14.5 Å². The predicted molar refractivity (Wildman–Crippen MR) is 105 cm³/mol. The highest BCUT2D eigenvalue weighted by Gasteiger charge is 2.32. The lowest BCUT2D eigenvalue weighted by atomic mass is 9.82. The van der Waals surface area contributed by atoms with Gasteiger partial charge in [0.15, 0.2) is 0 Å². The summed E-state index contributed by atoms with van der Waals surface area (Å²) in [6.07, 6.45) is 8.48. The summed E-state index contributed by atoms with van der Waals surface area (Å²) in [5, 5.41) is 8.35. The minimum Gasteiger partial charge on any atom is -0.334 e. The second-order valence-electron chi connectivity index (χ2n) is 7.10. The molecule has 0 bridgehead atoms. The number of para-hydroxylation sites is 1. The Bertz CT molecular complexity index is 1030. The first-order chi connectivity index (χ1) is 13.2. The second kappa shape index (κ2) is 7.24. The Hall–Kier alpha value is -3.13. The molecule has 1 aliphatic carbocycles. The molecule has 0 saturated heterocycles. The third-order valence-electron chi connectivity index (χ3n) is 5.15. The van der Waals surface area contributed by atoms with E-state index in [-0.39, 0.29) is 5.91 Å². The molecule has 5 nitrogen and oxygen atoms in total. The molecule has 2 heterocycles. The van der Waals surface area contributed by atoms with Crippen LogP contribution in [0.2, 0.25) is 0 Å². The maximum absolute atomic E-state index is 12.7. The van der Waals surface area contributed by atoms with Gasteiger partial charge in [-0.1, -0.05) is 49.3 Å². The predicted octanol–water partition coefficient (Wildman–Crippen LogP) is 3.45. The summed E-state index contributed by atoms with van der Waals surface area (Å²) in [4.78, 5) is 17.2. The van der Waals surface area contributed by atoms with E-state index in [1.807, 2.05) is 24.3 Å². The van der Waals surface area contributed by atoms with E-state index in [9.17, 15) is 4.79 Å². The van der Waals surface area contributed by atoms with Crippen LogP contribution in [0.5, 0.6) is 0 Å². The Labute approximate surface area is 158 Å². The lowest BCUT2D eigenvalue weighted by Crippen LogP contribution is -2.49. The van der Waals surface area contributed by atoms with Gasteiger partial charge in [0.05, 0.1) is 5.52 Å². The zero-order chi connectivity index (χ0) is 18.7. The van der Waals surface area contributed by atoms with Crippen molar-refractivity contribution in [3.63, 3.8) is 0 Å².